The molecule has 2 aromatic carbocycles. The average molecular weight is 395 g/mol. The molecule has 0 saturated carbocycles. The second-order valence-electron chi connectivity index (χ2n) is 7.41. The highest BCUT2D eigenvalue weighted by Crippen LogP contribution is 2.23. The van der Waals surface area contributed by atoms with Crippen molar-refractivity contribution in [3.05, 3.63) is 71.8 Å². The summed E-state index contributed by atoms with van der Waals surface area (Å²) >= 11 is 0. The molecule has 1 aliphatic heterocycles. The van der Waals surface area contributed by atoms with Crippen LogP contribution < -0.4 is 10.6 Å². The van der Waals surface area contributed by atoms with Gasteiger partial charge in [0.1, 0.15) is 0 Å². The fourth-order valence-corrected chi connectivity index (χ4v) is 3.71. The van der Waals surface area contributed by atoms with Crippen LogP contribution in [0, 0.1) is 0 Å². The molecule has 0 spiro atoms. The van der Waals surface area contributed by atoms with Crippen molar-refractivity contribution in [3.8, 4) is 0 Å². The Morgan fingerprint density at radius 1 is 0.931 bits per heavy atom. The van der Waals surface area contributed by atoms with E-state index in [-0.39, 0.29) is 5.92 Å². The predicted octanol–water partition coefficient (Wildman–Crippen LogP) is 3.10. The van der Waals surface area contributed by atoms with Gasteiger partial charge in [-0.15, -0.1) is 0 Å². The lowest BCUT2D eigenvalue weighted by molar-refractivity contribution is 0.0372. The van der Waals surface area contributed by atoms with Gasteiger partial charge in [0.05, 0.1) is 13.2 Å². The fourth-order valence-electron chi connectivity index (χ4n) is 3.71. The monoisotopic (exact) mass is 394 g/mol. The molecule has 5 heteroatoms. The molecular formula is C24H34N4O. The van der Waals surface area contributed by atoms with Gasteiger partial charge in [-0.3, -0.25) is 9.89 Å². The van der Waals surface area contributed by atoms with Crippen molar-refractivity contribution < 1.29 is 4.74 Å². The van der Waals surface area contributed by atoms with Gasteiger partial charge in [0.15, 0.2) is 5.96 Å². The van der Waals surface area contributed by atoms with Crippen LogP contribution in [0.4, 0.5) is 0 Å². The number of aliphatic imine (C=N–C) groups is 1. The number of benzene rings is 2. The number of hydrogen-bond acceptors (Lipinski definition) is 3. The van der Waals surface area contributed by atoms with Gasteiger partial charge in [-0.1, -0.05) is 60.7 Å². The molecule has 1 saturated heterocycles. The second kappa shape index (κ2) is 12.2. The molecule has 0 amide bonds. The second-order valence-corrected chi connectivity index (χ2v) is 7.41. The maximum atomic E-state index is 5.41. The van der Waals surface area contributed by atoms with Crippen LogP contribution in [0.2, 0.25) is 0 Å². The van der Waals surface area contributed by atoms with Crippen LogP contribution in [0.1, 0.15) is 29.9 Å². The molecule has 29 heavy (non-hydrogen) atoms. The fraction of sp³-hybridized carbons (Fsp3) is 0.458. The molecule has 5 nitrogen and oxygen atoms in total. The van der Waals surface area contributed by atoms with Crippen molar-refractivity contribution in [1.29, 1.82) is 0 Å². The summed E-state index contributed by atoms with van der Waals surface area (Å²) in [6.45, 7) is 6.78. The third-order valence-corrected chi connectivity index (χ3v) is 5.40. The highest BCUT2D eigenvalue weighted by Gasteiger charge is 2.14. The molecule has 3 rings (SSSR count). The molecule has 1 aliphatic rings. The number of hydrogen-bond donors (Lipinski definition) is 2. The Balaban J connectivity index is 1.45. The highest BCUT2D eigenvalue weighted by molar-refractivity contribution is 5.79. The molecule has 0 radical (unpaired) electrons. The molecule has 1 heterocycles. The van der Waals surface area contributed by atoms with Crippen LogP contribution in [0.3, 0.4) is 0 Å². The zero-order valence-electron chi connectivity index (χ0n) is 17.5. The maximum absolute atomic E-state index is 5.41. The molecule has 0 atom stereocenters. The van der Waals surface area contributed by atoms with Gasteiger partial charge < -0.3 is 15.4 Å². The van der Waals surface area contributed by atoms with Crippen LogP contribution in [0.15, 0.2) is 65.7 Å². The smallest absolute Gasteiger partial charge is 0.191 e. The minimum atomic E-state index is 0.289. The molecule has 0 bridgehead atoms. The summed E-state index contributed by atoms with van der Waals surface area (Å²) in [5.74, 6) is 1.16. The largest absolute Gasteiger partial charge is 0.379 e. The standard InChI is InChI=1S/C24H34N4O/c1-25-24(26-14-8-9-15-28-16-18-29-19-17-28)27-20-23(21-10-4-2-5-11-21)22-12-6-3-7-13-22/h2-7,10-13,23H,8-9,14-20H2,1H3,(H2,25,26,27). The molecule has 1 fully saturated rings. The number of nitrogens with one attached hydrogen (secondary N) is 2. The normalized spacial score (nSPS) is 15.4. The lowest BCUT2D eigenvalue weighted by Gasteiger charge is -2.26. The Kier molecular flexibility index (Phi) is 9.01. The summed E-state index contributed by atoms with van der Waals surface area (Å²) in [6, 6.07) is 21.3. The summed E-state index contributed by atoms with van der Waals surface area (Å²) in [5, 5.41) is 6.98. The van der Waals surface area contributed by atoms with Crippen LogP contribution in [0.25, 0.3) is 0 Å². The van der Waals surface area contributed by atoms with Gasteiger partial charge in [-0.05, 0) is 30.5 Å². The number of rotatable bonds is 9. The van der Waals surface area contributed by atoms with E-state index < -0.39 is 0 Å². The van der Waals surface area contributed by atoms with E-state index in [4.69, 9.17) is 4.74 Å². The Labute approximate surface area is 175 Å². The third kappa shape index (κ3) is 7.18. The Morgan fingerprint density at radius 2 is 1.55 bits per heavy atom. The molecule has 0 unspecified atom stereocenters. The van der Waals surface area contributed by atoms with E-state index in [0.29, 0.717) is 0 Å². The summed E-state index contributed by atoms with van der Waals surface area (Å²) in [4.78, 5) is 6.89. The van der Waals surface area contributed by atoms with E-state index in [2.05, 4.69) is 81.2 Å². The van der Waals surface area contributed by atoms with Crippen molar-refractivity contribution in [3.63, 3.8) is 0 Å². The zero-order valence-corrected chi connectivity index (χ0v) is 17.5. The molecule has 156 valence electrons. The minimum Gasteiger partial charge on any atom is -0.379 e. The van der Waals surface area contributed by atoms with Crippen LogP contribution in [-0.4, -0.2) is 63.8 Å². The van der Waals surface area contributed by atoms with Crippen LogP contribution in [-0.2, 0) is 4.74 Å². The Morgan fingerprint density at radius 3 is 2.14 bits per heavy atom. The van der Waals surface area contributed by atoms with Gasteiger partial charge in [-0.2, -0.15) is 0 Å². The van der Waals surface area contributed by atoms with Gasteiger partial charge in [0.25, 0.3) is 0 Å². The van der Waals surface area contributed by atoms with E-state index in [9.17, 15) is 0 Å². The first-order valence-electron chi connectivity index (χ1n) is 10.7. The summed E-state index contributed by atoms with van der Waals surface area (Å²) in [6.07, 6.45) is 2.33. The van der Waals surface area contributed by atoms with Crippen LogP contribution in [0.5, 0.6) is 0 Å². The summed E-state index contributed by atoms with van der Waals surface area (Å²) in [7, 11) is 1.84. The first-order valence-corrected chi connectivity index (χ1v) is 10.7. The van der Waals surface area contributed by atoms with Crippen molar-refractivity contribution in [1.82, 2.24) is 15.5 Å². The number of guanidine groups is 1. The molecule has 0 aliphatic carbocycles. The number of unbranched alkanes of at least 4 members (excludes halogenated alkanes) is 1. The van der Waals surface area contributed by atoms with E-state index in [1.54, 1.807) is 0 Å². The average Bonchev–Trinajstić information content (AvgIpc) is 2.80. The number of ether oxygens (including phenoxy) is 1. The van der Waals surface area contributed by atoms with Crippen molar-refractivity contribution in [2.75, 3.05) is 53.0 Å². The summed E-state index contributed by atoms with van der Waals surface area (Å²) in [5.41, 5.74) is 2.62. The number of morpholine rings is 1. The van der Waals surface area contributed by atoms with Crippen LogP contribution >= 0.6 is 0 Å². The Bertz CT molecular complexity index is 675. The predicted molar refractivity (Wildman–Crippen MR) is 121 cm³/mol. The summed E-state index contributed by atoms with van der Waals surface area (Å²) < 4.78 is 5.41. The third-order valence-electron chi connectivity index (χ3n) is 5.40. The molecule has 2 N–H and O–H groups in total. The quantitative estimate of drug-likeness (QED) is 0.390. The zero-order chi connectivity index (χ0) is 20.2. The number of nitrogens with zero attached hydrogens (tertiary/aromatic N) is 2. The van der Waals surface area contributed by atoms with Crippen molar-refractivity contribution in [2.24, 2.45) is 4.99 Å². The Hall–Kier alpha value is -2.37. The van der Waals surface area contributed by atoms with Crippen molar-refractivity contribution >= 4 is 5.96 Å². The molecule has 2 aromatic rings. The molecular weight excluding hydrogens is 360 g/mol. The van der Waals surface area contributed by atoms with Gasteiger partial charge in [-0.25, -0.2) is 0 Å². The topological polar surface area (TPSA) is 48.9 Å². The van der Waals surface area contributed by atoms with Gasteiger partial charge >= 0.3 is 0 Å². The lowest BCUT2D eigenvalue weighted by Crippen LogP contribution is -2.40. The maximum Gasteiger partial charge on any atom is 0.191 e. The van der Waals surface area contributed by atoms with E-state index >= 15 is 0 Å². The first-order chi connectivity index (χ1) is 14.4. The van der Waals surface area contributed by atoms with E-state index in [0.717, 1.165) is 58.3 Å². The minimum absolute atomic E-state index is 0.289. The van der Waals surface area contributed by atoms with Gasteiger partial charge in [0, 0.05) is 39.1 Å². The lowest BCUT2D eigenvalue weighted by atomic mass is 9.91. The van der Waals surface area contributed by atoms with Crippen molar-refractivity contribution in [2.45, 2.75) is 18.8 Å². The van der Waals surface area contributed by atoms with E-state index in [1.807, 2.05) is 7.05 Å². The van der Waals surface area contributed by atoms with Gasteiger partial charge in [0.2, 0.25) is 0 Å². The molecule has 0 aromatic heterocycles. The highest BCUT2D eigenvalue weighted by atomic mass is 16.5. The first kappa shape index (κ1) is 21.3. The SMILES string of the molecule is CN=C(NCCCCN1CCOCC1)NCC(c1ccccc1)c1ccccc1. The van der Waals surface area contributed by atoms with E-state index in [1.165, 1.54) is 17.5 Å².